The van der Waals surface area contributed by atoms with Crippen LogP contribution in [0.25, 0.3) is 0 Å². The number of hydrazine groups is 1. The van der Waals surface area contributed by atoms with Gasteiger partial charge < -0.3 is 31.9 Å². The van der Waals surface area contributed by atoms with E-state index in [1.807, 2.05) is 5.43 Å². The monoisotopic (exact) mass is 340 g/mol. The number of nitrogens with one attached hydrogen (secondary N) is 2. The van der Waals surface area contributed by atoms with Gasteiger partial charge in [0.15, 0.2) is 5.96 Å². The summed E-state index contributed by atoms with van der Waals surface area (Å²) in [7, 11) is -3.68. The molecule has 0 aliphatic heterocycles. The first-order chi connectivity index (χ1) is 10.1. The minimum Gasteiger partial charge on any atom is -0.467 e. The van der Waals surface area contributed by atoms with E-state index in [0.717, 1.165) is 7.11 Å². The summed E-state index contributed by atoms with van der Waals surface area (Å²) in [6.45, 7) is 0.274. The Hall–Kier alpha value is -1.72. The lowest BCUT2D eigenvalue weighted by atomic mass is 10.1. The van der Waals surface area contributed by atoms with Gasteiger partial charge in [0.2, 0.25) is 5.85 Å². The van der Waals surface area contributed by atoms with Crippen LogP contribution in [0.1, 0.15) is 12.8 Å². The van der Waals surface area contributed by atoms with Crippen molar-refractivity contribution in [1.29, 1.82) is 0 Å². The molecule has 10 N–H and O–H groups in total. The number of hydrogen-bond acceptors (Lipinski definition) is 7. The molecule has 0 fully saturated rings. The van der Waals surface area contributed by atoms with Crippen LogP contribution in [0, 0.1) is 0 Å². The molecule has 128 valence electrons. The molecule has 0 rings (SSSR count). The summed E-state index contributed by atoms with van der Waals surface area (Å²) in [5.74, 6) is -4.56. The number of nitrogens with two attached hydrogens (primary N) is 3. The quantitative estimate of drug-likeness (QED) is 0.0553. The molecule has 0 saturated carbocycles. The normalized spacial score (nSPS) is 16.0. The van der Waals surface area contributed by atoms with Crippen LogP contribution in [-0.2, 0) is 18.9 Å². The maximum atomic E-state index is 11.6. The summed E-state index contributed by atoms with van der Waals surface area (Å²) in [5.41, 5.74) is 17.6. The van der Waals surface area contributed by atoms with Gasteiger partial charge in [-0.3, -0.25) is 19.8 Å². The molecule has 0 aliphatic carbocycles. The summed E-state index contributed by atoms with van der Waals surface area (Å²) in [6.07, 6.45) is 0.619. The van der Waals surface area contributed by atoms with Crippen LogP contribution < -0.4 is 27.8 Å². The highest BCUT2D eigenvalue weighted by molar-refractivity contribution is 7.57. The third-order valence-electron chi connectivity index (χ3n) is 2.39. The molecule has 0 radical (unpaired) electrons. The smallest absolute Gasteiger partial charge is 0.346 e. The predicted octanol–water partition coefficient (Wildman–Crippen LogP) is -3.34. The van der Waals surface area contributed by atoms with Crippen molar-refractivity contribution < 1.29 is 28.9 Å². The largest absolute Gasteiger partial charge is 0.467 e. The minimum atomic E-state index is -4.61. The van der Waals surface area contributed by atoms with E-state index in [0.29, 0.717) is 6.42 Å². The lowest BCUT2D eigenvalue weighted by Gasteiger charge is -2.19. The number of nitrogens with zero attached hydrogens (tertiary/aromatic N) is 1. The number of guanidine groups is 1. The third-order valence-corrected chi connectivity index (χ3v) is 3.69. The molecule has 12 nitrogen and oxygen atoms in total. The molecule has 3 atom stereocenters. The number of esters is 1. The first-order valence-electron chi connectivity index (χ1n) is 6.08. The maximum absolute atomic E-state index is 11.6. The summed E-state index contributed by atoms with van der Waals surface area (Å²) in [5, 5.41) is 10.9. The summed E-state index contributed by atoms with van der Waals surface area (Å²) in [6, 6.07) is -1.00. The number of hydrogen-bond donors (Lipinski definition) is 7. The van der Waals surface area contributed by atoms with Crippen LogP contribution >= 0.6 is 7.52 Å². The van der Waals surface area contributed by atoms with Gasteiger partial charge in [-0.25, -0.2) is 4.79 Å². The zero-order valence-electron chi connectivity index (χ0n) is 11.9. The number of aliphatic hydroxyl groups excluding tert-OH is 1. The van der Waals surface area contributed by atoms with Gasteiger partial charge in [-0.2, -0.15) is 5.20 Å². The van der Waals surface area contributed by atoms with Crippen LogP contribution in [-0.4, -0.2) is 53.4 Å². The highest BCUT2D eigenvalue weighted by Gasteiger charge is 2.37. The number of methoxy groups -OCH3 is 1. The van der Waals surface area contributed by atoms with Gasteiger partial charge in [-0.05, 0) is 12.8 Å². The fourth-order valence-corrected chi connectivity index (χ4v) is 1.97. The minimum absolute atomic E-state index is 0.0855. The predicted molar refractivity (Wildman–Crippen MR) is 77.0 cm³/mol. The van der Waals surface area contributed by atoms with E-state index in [-0.39, 0.29) is 18.9 Å². The number of carbonyl (C=O) groups is 2. The van der Waals surface area contributed by atoms with E-state index < -0.39 is 31.3 Å². The second-order valence-electron chi connectivity index (χ2n) is 4.18. The summed E-state index contributed by atoms with van der Waals surface area (Å²) < 4.78 is 15.7. The van der Waals surface area contributed by atoms with Gasteiger partial charge in [-0.1, -0.05) is 0 Å². The SMILES string of the molecule is COC(=O)C(O)P(=O)(O)NNC(=O)C(N)CCCN=C(N)N. The van der Waals surface area contributed by atoms with E-state index >= 15 is 0 Å². The van der Waals surface area contributed by atoms with Gasteiger partial charge in [0.25, 0.3) is 5.91 Å². The van der Waals surface area contributed by atoms with Crippen molar-refractivity contribution in [3.8, 4) is 0 Å². The average Bonchev–Trinajstić information content (AvgIpc) is 2.46. The Bertz CT molecular complexity index is 468. The standard InChI is InChI=1S/C9H21N6O6P/c1-21-7(17)8(18)22(19,20)15-14-6(16)5(10)3-2-4-13-9(11)12/h5,8,18H,2-4,10H2,1H3,(H,14,16)(H4,11,12,13)(H2,15,19,20). The Kier molecular flexibility index (Phi) is 8.60. The van der Waals surface area contributed by atoms with Crippen molar-refractivity contribution in [2.45, 2.75) is 24.7 Å². The summed E-state index contributed by atoms with van der Waals surface area (Å²) >= 11 is 0. The molecule has 22 heavy (non-hydrogen) atoms. The first kappa shape index (κ1) is 20.3. The van der Waals surface area contributed by atoms with E-state index in [2.05, 4.69) is 9.73 Å². The molecular formula is C9H21N6O6P. The molecule has 0 aromatic carbocycles. The third kappa shape index (κ3) is 7.33. The average molecular weight is 340 g/mol. The Balaban J connectivity index is 4.28. The summed E-state index contributed by atoms with van der Waals surface area (Å²) in [4.78, 5) is 35.6. The van der Waals surface area contributed by atoms with Gasteiger partial charge in [0, 0.05) is 6.54 Å². The Morgan fingerprint density at radius 1 is 1.41 bits per heavy atom. The Labute approximate surface area is 126 Å². The molecule has 1 amide bonds. The molecule has 13 heteroatoms. The zero-order valence-corrected chi connectivity index (χ0v) is 12.8. The van der Waals surface area contributed by atoms with E-state index in [1.165, 1.54) is 0 Å². The number of aliphatic imine (C=N–C) groups is 1. The van der Waals surface area contributed by atoms with Crippen molar-refractivity contribution in [2.75, 3.05) is 13.7 Å². The lowest BCUT2D eigenvalue weighted by molar-refractivity contribution is -0.146. The molecular weight excluding hydrogens is 319 g/mol. The number of amides is 1. The van der Waals surface area contributed by atoms with Crippen LogP contribution in [0.4, 0.5) is 0 Å². The molecule has 3 unspecified atom stereocenters. The molecule has 0 bridgehead atoms. The van der Waals surface area contributed by atoms with E-state index in [1.54, 1.807) is 5.20 Å². The lowest BCUT2D eigenvalue weighted by Crippen LogP contribution is -2.47. The van der Waals surface area contributed by atoms with Crippen LogP contribution in [0.3, 0.4) is 0 Å². The van der Waals surface area contributed by atoms with Crippen molar-refractivity contribution in [2.24, 2.45) is 22.2 Å². The molecule has 0 aromatic heterocycles. The number of aliphatic hydroxyl groups is 1. The highest BCUT2D eigenvalue weighted by atomic mass is 31.2. The molecule has 0 heterocycles. The van der Waals surface area contributed by atoms with Crippen molar-refractivity contribution >= 4 is 25.4 Å². The van der Waals surface area contributed by atoms with Crippen molar-refractivity contribution in [3.05, 3.63) is 0 Å². The molecule has 0 spiro atoms. The number of carbonyl (C=O) groups excluding carboxylic acids is 2. The maximum Gasteiger partial charge on any atom is 0.346 e. The fourth-order valence-electron chi connectivity index (χ4n) is 1.19. The van der Waals surface area contributed by atoms with Crippen molar-refractivity contribution in [3.63, 3.8) is 0 Å². The van der Waals surface area contributed by atoms with Gasteiger partial charge in [0.1, 0.15) is 0 Å². The number of rotatable bonds is 9. The molecule has 0 aliphatic rings. The first-order valence-corrected chi connectivity index (χ1v) is 7.81. The van der Waals surface area contributed by atoms with E-state index in [4.69, 9.17) is 17.2 Å². The highest BCUT2D eigenvalue weighted by Crippen LogP contribution is 2.39. The number of ether oxygens (including phenoxy) is 1. The van der Waals surface area contributed by atoms with Gasteiger partial charge >= 0.3 is 13.5 Å². The zero-order chi connectivity index (χ0) is 17.3. The van der Waals surface area contributed by atoms with Gasteiger partial charge in [-0.15, -0.1) is 0 Å². The van der Waals surface area contributed by atoms with Crippen LogP contribution in [0.15, 0.2) is 4.99 Å². The Morgan fingerprint density at radius 3 is 2.50 bits per heavy atom. The second kappa shape index (κ2) is 9.33. The topological polar surface area (TPSA) is 215 Å². The fraction of sp³-hybridized carbons (Fsp3) is 0.667. The van der Waals surface area contributed by atoms with Crippen LogP contribution in [0.5, 0.6) is 0 Å². The molecule has 0 aromatic rings. The van der Waals surface area contributed by atoms with Gasteiger partial charge in [0.05, 0.1) is 13.2 Å². The second-order valence-corrected chi connectivity index (χ2v) is 6.13. The van der Waals surface area contributed by atoms with Crippen molar-refractivity contribution in [1.82, 2.24) is 10.6 Å². The van der Waals surface area contributed by atoms with Crippen LogP contribution in [0.2, 0.25) is 0 Å². The Morgan fingerprint density at radius 2 is 2.00 bits per heavy atom. The molecule has 0 saturated heterocycles. The van der Waals surface area contributed by atoms with E-state index in [9.17, 15) is 24.2 Å².